The summed E-state index contributed by atoms with van der Waals surface area (Å²) in [5.74, 6) is -1.20. The van der Waals surface area contributed by atoms with Gasteiger partial charge < -0.3 is 19.4 Å². The van der Waals surface area contributed by atoms with Gasteiger partial charge in [0.2, 0.25) is 0 Å². The van der Waals surface area contributed by atoms with Gasteiger partial charge in [-0.25, -0.2) is 9.69 Å². The molecule has 8 nitrogen and oxygen atoms in total. The van der Waals surface area contributed by atoms with Crippen LogP contribution in [0.5, 0.6) is 0 Å². The largest absolute Gasteiger partial charge is 0.468 e. The van der Waals surface area contributed by atoms with Gasteiger partial charge in [-0.15, -0.1) is 0 Å². The molecule has 1 aliphatic heterocycles. The Morgan fingerprint density at radius 3 is 2.62 bits per heavy atom. The van der Waals surface area contributed by atoms with Gasteiger partial charge in [0.15, 0.2) is 0 Å². The van der Waals surface area contributed by atoms with Crippen molar-refractivity contribution < 1.29 is 23.9 Å². The first-order valence-electron chi connectivity index (χ1n) is 7.46. The Kier molecular flexibility index (Phi) is 5.40. The van der Waals surface area contributed by atoms with E-state index in [0.717, 1.165) is 21.9 Å². The van der Waals surface area contributed by atoms with E-state index in [2.05, 4.69) is 14.6 Å². The number of nitrogens with zero attached hydrogens (tertiary/aromatic N) is 2. The summed E-state index contributed by atoms with van der Waals surface area (Å²) >= 11 is 0. The van der Waals surface area contributed by atoms with Crippen molar-refractivity contribution in [1.29, 1.82) is 0 Å². The average Bonchev–Trinajstić information content (AvgIpc) is 2.96. The number of ether oxygens (including phenoxy) is 2. The molecule has 0 saturated carbocycles. The molecule has 0 aliphatic carbocycles. The number of carbonyl (C=O) groups is 3. The van der Waals surface area contributed by atoms with Crippen LogP contribution < -0.4 is 5.32 Å². The van der Waals surface area contributed by atoms with Gasteiger partial charge in [0.05, 0.1) is 13.7 Å². The number of esters is 1. The van der Waals surface area contributed by atoms with Crippen LogP contribution in [-0.2, 0) is 25.6 Å². The fourth-order valence-electron chi connectivity index (χ4n) is 2.56. The maximum atomic E-state index is 12.3. The Hall–Kier alpha value is -2.61. The fraction of sp³-hybridized carbons (Fsp3) is 0.438. The van der Waals surface area contributed by atoms with E-state index < -0.39 is 24.5 Å². The van der Waals surface area contributed by atoms with Crippen molar-refractivity contribution in [1.82, 2.24) is 14.8 Å². The molecule has 0 radical (unpaired) electrons. The van der Waals surface area contributed by atoms with Crippen molar-refractivity contribution in [2.45, 2.75) is 20.4 Å². The zero-order valence-corrected chi connectivity index (χ0v) is 14.2. The Bertz CT molecular complexity index is 705. The van der Waals surface area contributed by atoms with E-state index in [1.54, 1.807) is 13.2 Å². The first-order chi connectivity index (χ1) is 11.4. The van der Waals surface area contributed by atoms with E-state index in [0.29, 0.717) is 13.2 Å². The standard InChI is InChI=1S/C16H21N3O5/c1-10-7-12(11(2)18(10)5-6-23-3)8-13-15(21)19(16(22)17-13)9-14(20)24-4/h7-8H,5-6,9H2,1-4H3,(H,17,22). The molecule has 1 aromatic heterocycles. The Labute approximate surface area is 140 Å². The maximum Gasteiger partial charge on any atom is 0.329 e. The highest BCUT2D eigenvalue weighted by Crippen LogP contribution is 2.20. The molecule has 0 aromatic carbocycles. The van der Waals surface area contributed by atoms with E-state index in [4.69, 9.17) is 4.74 Å². The van der Waals surface area contributed by atoms with Crippen LogP contribution in [0.1, 0.15) is 17.0 Å². The summed E-state index contributed by atoms with van der Waals surface area (Å²) in [6.45, 7) is 4.76. The second-order valence-electron chi connectivity index (χ2n) is 5.43. The number of carbonyl (C=O) groups excluding carboxylic acids is 3. The molecule has 0 atom stereocenters. The summed E-state index contributed by atoms with van der Waals surface area (Å²) in [5.41, 5.74) is 2.95. The molecule has 130 valence electrons. The number of rotatable bonds is 6. The number of aryl methyl sites for hydroxylation is 1. The Morgan fingerprint density at radius 1 is 1.29 bits per heavy atom. The van der Waals surface area contributed by atoms with Crippen molar-refractivity contribution in [2.75, 3.05) is 27.4 Å². The van der Waals surface area contributed by atoms with Gasteiger partial charge in [-0.3, -0.25) is 9.59 Å². The lowest BCUT2D eigenvalue weighted by atomic mass is 10.2. The highest BCUT2D eigenvalue weighted by atomic mass is 16.5. The number of imide groups is 1. The second-order valence-corrected chi connectivity index (χ2v) is 5.43. The topological polar surface area (TPSA) is 89.9 Å². The summed E-state index contributed by atoms with van der Waals surface area (Å²) in [6, 6.07) is 1.30. The van der Waals surface area contributed by atoms with E-state index >= 15 is 0 Å². The molecular formula is C16H21N3O5. The van der Waals surface area contributed by atoms with Crippen molar-refractivity contribution in [3.05, 3.63) is 28.7 Å². The number of urea groups is 1. The van der Waals surface area contributed by atoms with E-state index in [9.17, 15) is 14.4 Å². The summed E-state index contributed by atoms with van der Waals surface area (Å²) in [5, 5.41) is 2.49. The van der Waals surface area contributed by atoms with E-state index in [-0.39, 0.29) is 5.70 Å². The van der Waals surface area contributed by atoms with Crippen molar-refractivity contribution in [3.8, 4) is 0 Å². The quantitative estimate of drug-likeness (QED) is 0.472. The predicted octanol–water partition coefficient (Wildman–Crippen LogP) is 0.817. The molecular weight excluding hydrogens is 314 g/mol. The molecule has 24 heavy (non-hydrogen) atoms. The van der Waals surface area contributed by atoms with Crippen LogP contribution in [0.2, 0.25) is 0 Å². The molecule has 2 rings (SSSR count). The van der Waals surface area contributed by atoms with Crippen LogP contribution in [0.4, 0.5) is 4.79 Å². The zero-order valence-electron chi connectivity index (χ0n) is 14.2. The van der Waals surface area contributed by atoms with Crippen molar-refractivity contribution >= 4 is 24.0 Å². The fourth-order valence-corrected chi connectivity index (χ4v) is 2.56. The predicted molar refractivity (Wildman–Crippen MR) is 86.0 cm³/mol. The van der Waals surface area contributed by atoms with Gasteiger partial charge in [0, 0.05) is 25.0 Å². The maximum absolute atomic E-state index is 12.3. The van der Waals surface area contributed by atoms with Gasteiger partial charge >= 0.3 is 12.0 Å². The van der Waals surface area contributed by atoms with Gasteiger partial charge in [0.1, 0.15) is 12.2 Å². The van der Waals surface area contributed by atoms with Crippen LogP contribution in [-0.4, -0.2) is 54.7 Å². The SMILES string of the molecule is COCCn1c(C)cc(C=C2NC(=O)N(CC(=O)OC)C2=O)c1C. The Morgan fingerprint density at radius 2 is 2.00 bits per heavy atom. The number of aromatic nitrogens is 1. The summed E-state index contributed by atoms with van der Waals surface area (Å²) < 4.78 is 11.7. The molecule has 1 N–H and O–H groups in total. The van der Waals surface area contributed by atoms with Gasteiger partial charge in [-0.2, -0.15) is 0 Å². The smallest absolute Gasteiger partial charge is 0.329 e. The average molecular weight is 335 g/mol. The third kappa shape index (κ3) is 3.48. The lowest BCUT2D eigenvalue weighted by Crippen LogP contribution is -2.36. The molecule has 2 heterocycles. The first kappa shape index (κ1) is 17.7. The van der Waals surface area contributed by atoms with Crippen LogP contribution in [0.15, 0.2) is 11.8 Å². The highest BCUT2D eigenvalue weighted by molar-refractivity contribution is 6.15. The van der Waals surface area contributed by atoms with Gasteiger partial charge in [0.25, 0.3) is 5.91 Å². The monoisotopic (exact) mass is 335 g/mol. The number of amides is 3. The highest BCUT2D eigenvalue weighted by Gasteiger charge is 2.35. The van der Waals surface area contributed by atoms with Gasteiger partial charge in [-0.05, 0) is 31.6 Å². The van der Waals surface area contributed by atoms with Crippen LogP contribution in [0.25, 0.3) is 6.08 Å². The number of hydrogen-bond acceptors (Lipinski definition) is 5. The minimum absolute atomic E-state index is 0.135. The molecule has 0 unspecified atom stereocenters. The van der Waals surface area contributed by atoms with Crippen molar-refractivity contribution in [2.24, 2.45) is 0 Å². The molecule has 1 saturated heterocycles. The summed E-state index contributed by atoms with van der Waals surface area (Å²) in [4.78, 5) is 36.3. The number of nitrogens with one attached hydrogen (secondary N) is 1. The molecule has 0 bridgehead atoms. The molecule has 1 aromatic rings. The first-order valence-corrected chi connectivity index (χ1v) is 7.46. The number of hydrogen-bond donors (Lipinski definition) is 1. The lowest BCUT2D eigenvalue weighted by Gasteiger charge is -2.09. The number of methoxy groups -OCH3 is 2. The van der Waals surface area contributed by atoms with Crippen LogP contribution >= 0.6 is 0 Å². The third-order valence-electron chi connectivity index (χ3n) is 3.91. The normalized spacial score (nSPS) is 16.0. The minimum atomic E-state index is -0.655. The zero-order chi connectivity index (χ0) is 17.9. The van der Waals surface area contributed by atoms with Crippen LogP contribution in [0, 0.1) is 13.8 Å². The summed E-state index contributed by atoms with van der Waals surface area (Å²) in [6.07, 6.45) is 1.61. The van der Waals surface area contributed by atoms with E-state index in [1.807, 2.05) is 19.9 Å². The molecule has 3 amide bonds. The van der Waals surface area contributed by atoms with E-state index in [1.165, 1.54) is 7.11 Å². The lowest BCUT2D eigenvalue weighted by molar-refractivity contribution is -0.143. The van der Waals surface area contributed by atoms with Crippen LogP contribution in [0.3, 0.4) is 0 Å². The summed E-state index contributed by atoms with van der Waals surface area (Å²) in [7, 11) is 2.84. The molecule has 8 heteroatoms. The molecule has 1 aliphatic rings. The minimum Gasteiger partial charge on any atom is -0.468 e. The second kappa shape index (κ2) is 7.31. The third-order valence-corrected chi connectivity index (χ3v) is 3.91. The molecule has 0 spiro atoms. The van der Waals surface area contributed by atoms with Crippen molar-refractivity contribution in [3.63, 3.8) is 0 Å². The molecule has 1 fully saturated rings. The van der Waals surface area contributed by atoms with Gasteiger partial charge in [-0.1, -0.05) is 0 Å². The Balaban J connectivity index is 2.24.